The number of carbonyl (C=O) groups excluding carboxylic acids is 3. The van der Waals surface area contributed by atoms with E-state index in [-0.39, 0.29) is 42.2 Å². The molecule has 2 saturated heterocycles. The lowest BCUT2D eigenvalue weighted by Crippen LogP contribution is -2.51. The van der Waals surface area contributed by atoms with Crippen LogP contribution in [-0.2, 0) is 33.3 Å². The van der Waals surface area contributed by atoms with Crippen LogP contribution in [0.4, 0.5) is 0 Å². The van der Waals surface area contributed by atoms with Crippen LogP contribution in [-0.4, -0.2) is 73.5 Å². The molecule has 5 rings (SSSR count). The van der Waals surface area contributed by atoms with Crippen molar-refractivity contribution in [3.05, 3.63) is 0 Å². The quantitative estimate of drug-likeness (QED) is 0.439. The minimum atomic E-state index is -0.570. The van der Waals surface area contributed by atoms with Gasteiger partial charge in [-0.05, 0) is 38.0 Å². The number of hydrogen-bond donors (Lipinski definition) is 0. The van der Waals surface area contributed by atoms with E-state index in [9.17, 15) is 14.4 Å². The van der Waals surface area contributed by atoms with Gasteiger partial charge in [-0.15, -0.1) is 0 Å². The van der Waals surface area contributed by atoms with Gasteiger partial charge in [0.05, 0.1) is 31.6 Å². The van der Waals surface area contributed by atoms with Crippen molar-refractivity contribution in [1.29, 1.82) is 0 Å². The fourth-order valence-corrected chi connectivity index (χ4v) is 6.46. The molecule has 5 aliphatic rings. The summed E-state index contributed by atoms with van der Waals surface area (Å²) < 4.78 is 22.9. The van der Waals surface area contributed by atoms with Gasteiger partial charge in [-0.1, -0.05) is 13.8 Å². The number of rotatable bonds is 7. The van der Waals surface area contributed by atoms with Gasteiger partial charge in [0.1, 0.15) is 17.8 Å². The van der Waals surface area contributed by atoms with E-state index in [4.69, 9.17) is 18.9 Å². The molecule has 0 aromatic heterocycles. The molecule has 0 N–H and O–H groups in total. The predicted octanol–water partition coefficient (Wildman–Crippen LogP) is 1.55. The van der Waals surface area contributed by atoms with Gasteiger partial charge >= 0.3 is 17.9 Å². The van der Waals surface area contributed by atoms with Gasteiger partial charge in [0.25, 0.3) is 0 Å². The van der Waals surface area contributed by atoms with Crippen molar-refractivity contribution in [2.45, 2.75) is 63.8 Å². The van der Waals surface area contributed by atoms with Crippen LogP contribution in [0, 0.1) is 29.6 Å². The van der Waals surface area contributed by atoms with Gasteiger partial charge in [-0.3, -0.25) is 19.3 Å². The minimum absolute atomic E-state index is 0.0582. The van der Waals surface area contributed by atoms with Crippen molar-refractivity contribution in [3.8, 4) is 0 Å². The Morgan fingerprint density at radius 2 is 1.97 bits per heavy atom. The monoisotopic (exact) mass is 435 g/mol. The van der Waals surface area contributed by atoms with E-state index in [2.05, 4.69) is 13.8 Å². The van der Waals surface area contributed by atoms with Crippen LogP contribution in [0.15, 0.2) is 0 Å². The summed E-state index contributed by atoms with van der Waals surface area (Å²) >= 11 is 0. The summed E-state index contributed by atoms with van der Waals surface area (Å²) in [5.41, 5.74) is -0.405. The third-order valence-electron chi connectivity index (χ3n) is 8.56. The molecule has 3 aliphatic carbocycles. The summed E-state index contributed by atoms with van der Waals surface area (Å²) in [7, 11) is 0. The molecule has 0 aromatic rings. The Bertz CT molecular complexity index is 744. The fraction of sp³-hybridized carbons (Fsp3) is 0.870. The van der Waals surface area contributed by atoms with Gasteiger partial charge in [0.2, 0.25) is 0 Å². The molecule has 2 bridgehead atoms. The molecule has 8 nitrogen and oxygen atoms in total. The molecular weight excluding hydrogens is 402 g/mol. The Kier molecular flexibility index (Phi) is 5.49. The van der Waals surface area contributed by atoms with Crippen LogP contribution in [0.25, 0.3) is 0 Å². The summed E-state index contributed by atoms with van der Waals surface area (Å²) in [4.78, 5) is 40.6. The fourth-order valence-electron chi connectivity index (χ4n) is 6.46. The molecule has 0 spiro atoms. The van der Waals surface area contributed by atoms with Gasteiger partial charge in [0.15, 0.2) is 0 Å². The molecule has 0 radical (unpaired) electrons. The lowest BCUT2D eigenvalue weighted by Gasteiger charge is -2.46. The van der Waals surface area contributed by atoms with Crippen molar-refractivity contribution < 1.29 is 33.3 Å². The highest BCUT2D eigenvalue weighted by Gasteiger charge is 2.70. The first-order valence-electron chi connectivity index (χ1n) is 11.9. The first-order valence-corrected chi connectivity index (χ1v) is 11.9. The standard InChI is InChI=1S/C23H33NO7/c1-3-13(2)23(5-4-6-23)31-22(27)18-15-11-14-17(18)21(26)30-20(14)19(15)29-16(25)12-24-7-9-28-10-8-24/h13-15,17-20H,3-12H2,1-2H3. The number of hydrogen-bond acceptors (Lipinski definition) is 8. The van der Waals surface area contributed by atoms with Crippen molar-refractivity contribution >= 4 is 17.9 Å². The smallest absolute Gasteiger partial charge is 0.320 e. The minimum Gasteiger partial charge on any atom is -0.459 e. The van der Waals surface area contributed by atoms with Gasteiger partial charge in [-0.2, -0.15) is 0 Å². The first-order chi connectivity index (χ1) is 14.9. The molecule has 8 heteroatoms. The van der Waals surface area contributed by atoms with Crippen LogP contribution in [0.2, 0.25) is 0 Å². The van der Waals surface area contributed by atoms with E-state index in [1.165, 1.54) is 0 Å². The van der Waals surface area contributed by atoms with Crippen LogP contribution >= 0.6 is 0 Å². The Balaban J connectivity index is 1.28. The molecule has 2 heterocycles. The third kappa shape index (κ3) is 3.46. The maximum absolute atomic E-state index is 13.4. The highest BCUT2D eigenvalue weighted by Crippen LogP contribution is 2.59. The summed E-state index contributed by atoms with van der Waals surface area (Å²) in [6.07, 6.45) is 3.46. The molecule has 0 amide bonds. The molecular formula is C23H33NO7. The van der Waals surface area contributed by atoms with E-state index < -0.39 is 29.6 Å². The topological polar surface area (TPSA) is 91.4 Å². The molecule has 7 atom stereocenters. The van der Waals surface area contributed by atoms with Crippen molar-refractivity contribution in [2.75, 3.05) is 32.8 Å². The zero-order chi connectivity index (χ0) is 21.8. The number of morpholine rings is 1. The Labute approximate surface area is 182 Å². The molecule has 7 unspecified atom stereocenters. The molecule has 2 aliphatic heterocycles. The van der Waals surface area contributed by atoms with Crippen molar-refractivity contribution in [2.24, 2.45) is 29.6 Å². The first kappa shape index (κ1) is 21.2. The number of carbonyl (C=O) groups is 3. The van der Waals surface area contributed by atoms with Crippen LogP contribution in [0.5, 0.6) is 0 Å². The lowest BCUT2D eigenvalue weighted by atomic mass is 9.70. The number of nitrogens with zero attached hydrogens (tertiary/aromatic N) is 1. The second-order valence-electron chi connectivity index (χ2n) is 10.0. The second kappa shape index (κ2) is 8.03. The van der Waals surface area contributed by atoms with Crippen LogP contribution < -0.4 is 0 Å². The summed E-state index contributed by atoms with van der Waals surface area (Å²) in [5, 5.41) is 0. The number of ether oxygens (including phenoxy) is 4. The average Bonchev–Trinajstić information content (AvgIpc) is 3.34. The van der Waals surface area contributed by atoms with Crippen LogP contribution in [0.3, 0.4) is 0 Å². The molecule has 5 fully saturated rings. The molecule has 172 valence electrons. The third-order valence-corrected chi connectivity index (χ3v) is 8.56. The normalized spacial score (nSPS) is 39.0. The SMILES string of the molecule is CCC(C)C1(OC(=O)C2C3CC4C(OC(=O)C42)C3OC(=O)CN2CCOCC2)CCC1. The largest absolute Gasteiger partial charge is 0.459 e. The maximum atomic E-state index is 13.4. The highest BCUT2D eigenvalue weighted by molar-refractivity contribution is 5.86. The van der Waals surface area contributed by atoms with E-state index in [1.54, 1.807) is 0 Å². The maximum Gasteiger partial charge on any atom is 0.320 e. The second-order valence-corrected chi connectivity index (χ2v) is 10.0. The predicted molar refractivity (Wildman–Crippen MR) is 108 cm³/mol. The summed E-state index contributed by atoms with van der Waals surface area (Å²) in [6.45, 7) is 7.03. The average molecular weight is 436 g/mol. The number of esters is 3. The highest BCUT2D eigenvalue weighted by atomic mass is 16.6. The van der Waals surface area contributed by atoms with Gasteiger partial charge < -0.3 is 18.9 Å². The Hall–Kier alpha value is -1.67. The van der Waals surface area contributed by atoms with E-state index in [0.717, 1.165) is 25.7 Å². The summed E-state index contributed by atoms with van der Waals surface area (Å²) in [6, 6.07) is 0. The van der Waals surface area contributed by atoms with Gasteiger partial charge in [0, 0.05) is 24.9 Å². The molecule has 31 heavy (non-hydrogen) atoms. The zero-order valence-electron chi connectivity index (χ0n) is 18.4. The van der Waals surface area contributed by atoms with Crippen molar-refractivity contribution in [1.82, 2.24) is 4.90 Å². The lowest BCUT2D eigenvalue weighted by molar-refractivity contribution is -0.191. The number of fused-ring (bicyclic) bond motifs is 1. The Morgan fingerprint density at radius 3 is 2.61 bits per heavy atom. The molecule has 3 saturated carbocycles. The van der Waals surface area contributed by atoms with Crippen molar-refractivity contribution in [3.63, 3.8) is 0 Å². The summed E-state index contributed by atoms with van der Waals surface area (Å²) in [5.74, 6) is -1.97. The van der Waals surface area contributed by atoms with E-state index in [1.807, 2.05) is 4.90 Å². The van der Waals surface area contributed by atoms with Gasteiger partial charge in [-0.25, -0.2) is 0 Å². The van der Waals surface area contributed by atoms with Crippen LogP contribution in [0.1, 0.15) is 46.0 Å². The zero-order valence-corrected chi connectivity index (χ0v) is 18.4. The van der Waals surface area contributed by atoms with E-state index in [0.29, 0.717) is 32.7 Å². The molecule has 0 aromatic carbocycles. The van der Waals surface area contributed by atoms with E-state index >= 15 is 0 Å². The Morgan fingerprint density at radius 1 is 1.23 bits per heavy atom.